The van der Waals surface area contributed by atoms with E-state index in [1.807, 2.05) is 0 Å². The van der Waals surface area contributed by atoms with Gasteiger partial charge in [0.25, 0.3) is 0 Å². The van der Waals surface area contributed by atoms with Crippen LogP contribution in [0, 0.1) is 0 Å². The first-order chi connectivity index (χ1) is 44.0. The SMILES string of the molecule is NCCCCCCNC(=O)[C@@H]1NC(=O)C2NC(=O)C(NC(=O)C3NC(=O)C4NC(=O)C(Cc5ccc(c(Cl)c5)Oc5cc3cc(c5O)Oc3ccc(cc3Cl)C2O)NC(=O)C(N)c2ccc(O)c(c2)Oc2cc(O)cc4c2)c2ccc(O)c(c2)-c2c(O)cc(O)cc21. The number of halogens is 2. The average Bonchev–Trinajstić information content (AvgIpc) is 0.781. The maximum atomic E-state index is 15.9. The van der Waals surface area contributed by atoms with E-state index < -0.39 is 136 Å². The van der Waals surface area contributed by atoms with Crippen LogP contribution in [-0.2, 0) is 40.0 Å². The molecule has 0 saturated heterocycles. The topological polar surface area (TPSA) is 425 Å². The van der Waals surface area contributed by atoms with Gasteiger partial charge < -0.3 is 98.6 Å². The Morgan fingerprint density at radius 3 is 1.82 bits per heavy atom. The van der Waals surface area contributed by atoms with Crippen molar-refractivity contribution in [2.24, 2.45) is 11.5 Å². The van der Waals surface area contributed by atoms with Crippen LogP contribution < -0.4 is 62.9 Å². The molecule has 0 fully saturated rings. The Balaban J connectivity index is 1.11. The number of rotatable bonds is 7. The number of phenolic OH excluding ortho intramolecular Hbond substituents is 6. The Morgan fingerprint density at radius 2 is 1.12 bits per heavy atom. The highest BCUT2D eigenvalue weighted by Gasteiger charge is 2.41. The van der Waals surface area contributed by atoms with Gasteiger partial charge in [-0.1, -0.05) is 60.3 Å². The van der Waals surface area contributed by atoms with Crippen LogP contribution in [0.3, 0.4) is 0 Å². The van der Waals surface area contributed by atoms with Gasteiger partial charge in [-0.3, -0.25) is 33.6 Å². The molecule has 0 aromatic heterocycles. The quantitative estimate of drug-likeness (QED) is 0.0871. The Morgan fingerprint density at radius 1 is 0.522 bits per heavy atom. The van der Waals surface area contributed by atoms with E-state index in [0.717, 1.165) is 61.4 Å². The molecule has 0 aliphatic carbocycles. The van der Waals surface area contributed by atoms with Gasteiger partial charge in [-0.05, 0) is 137 Å². The van der Waals surface area contributed by atoms with Crippen LogP contribution in [0.5, 0.6) is 69.0 Å². The third-order valence-corrected chi connectivity index (χ3v) is 16.5. The minimum Gasteiger partial charge on any atom is -0.508 e. The Bertz CT molecular complexity index is 4170. The second kappa shape index (κ2) is 26.1. The molecule has 13 rings (SSSR count). The zero-order valence-electron chi connectivity index (χ0n) is 48.2. The van der Waals surface area contributed by atoms with Crippen molar-refractivity contribution in [2.75, 3.05) is 13.1 Å². The molecule has 0 spiro atoms. The lowest BCUT2D eigenvalue weighted by Crippen LogP contribution is -2.56. The maximum Gasteiger partial charge on any atom is 0.248 e. The molecule has 0 saturated carbocycles. The first-order valence-corrected chi connectivity index (χ1v) is 29.6. The number of aromatic hydroxyl groups is 6. The lowest BCUT2D eigenvalue weighted by Gasteiger charge is -2.31. The summed E-state index contributed by atoms with van der Waals surface area (Å²) in [5, 5.41) is 99.1. The maximum absolute atomic E-state index is 15.9. The van der Waals surface area contributed by atoms with Gasteiger partial charge in [-0.2, -0.15) is 0 Å². The summed E-state index contributed by atoms with van der Waals surface area (Å²) in [6.45, 7) is 0.528. The molecule has 7 aromatic carbocycles. The van der Waals surface area contributed by atoms with Gasteiger partial charge in [0.15, 0.2) is 23.0 Å². The number of nitrogens with two attached hydrogens (primary N) is 2. The monoisotopic (exact) mass is 1300 g/mol. The summed E-state index contributed by atoms with van der Waals surface area (Å²) in [4.78, 5) is 106. The van der Waals surface area contributed by atoms with E-state index in [2.05, 4.69) is 37.2 Å². The predicted molar refractivity (Wildman–Crippen MR) is 328 cm³/mol. The normalized spacial score (nSPS) is 21.2. The van der Waals surface area contributed by atoms with Crippen molar-refractivity contribution in [3.8, 4) is 80.1 Å². The highest BCUT2D eigenvalue weighted by molar-refractivity contribution is 6.32. The number of nitrogens with one attached hydrogen (secondary N) is 7. The summed E-state index contributed by atoms with van der Waals surface area (Å²) in [7, 11) is 0. The molecule has 0 radical (unpaired) electrons. The fourth-order valence-corrected chi connectivity index (χ4v) is 11.6. The molecule has 476 valence electrons. The summed E-state index contributed by atoms with van der Waals surface area (Å²) in [5.41, 5.74) is 10.7. The number of aliphatic hydroxyl groups excluding tert-OH is 1. The van der Waals surface area contributed by atoms with Crippen LogP contribution in [0.25, 0.3) is 11.1 Å². The Kier molecular flexibility index (Phi) is 17.9. The van der Waals surface area contributed by atoms with Gasteiger partial charge in [0.1, 0.15) is 88.6 Å². The van der Waals surface area contributed by atoms with Crippen LogP contribution in [0.15, 0.2) is 115 Å². The van der Waals surface area contributed by atoms with Crippen molar-refractivity contribution < 1.29 is 83.5 Å². The number of carbonyl (C=O) groups excluding carboxylic acids is 7. The second-order valence-corrected chi connectivity index (χ2v) is 23.1. The van der Waals surface area contributed by atoms with Crippen LogP contribution in [0.1, 0.15) is 101 Å². The molecule has 26 nitrogen and oxygen atoms in total. The molecule has 6 aliphatic heterocycles. The van der Waals surface area contributed by atoms with Gasteiger partial charge in [0.05, 0.1) is 10.0 Å². The summed E-state index contributed by atoms with van der Waals surface area (Å²) < 4.78 is 18.5. The molecule has 7 aromatic rings. The lowest BCUT2D eigenvalue weighted by atomic mass is 9.89. The molecule has 6 aliphatic rings. The van der Waals surface area contributed by atoms with E-state index in [1.54, 1.807) is 0 Å². The van der Waals surface area contributed by atoms with Crippen LogP contribution >= 0.6 is 23.2 Å². The van der Waals surface area contributed by atoms with Crippen LogP contribution in [0.2, 0.25) is 10.0 Å². The number of unbranched alkanes of at least 4 members (excludes halogenated alkanes) is 3. The van der Waals surface area contributed by atoms with E-state index in [4.69, 9.17) is 48.9 Å². The molecular weight excluding hydrogens is 1240 g/mol. The van der Waals surface area contributed by atoms with E-state index in [9.17, 15) is 50.1 Å². The molecule has 6 heterocycles. The van der Waals surface area contributed by atoms with Gasteiger partial charge in [-0.25, -0.2) is 0 Å². The van der Waals surface area contributed by atoms with Crippen LogP contribution in [-0.4, -0.2) is 102 Å². The standard InChI is InChI=1S/C64H59Cl2N9O17/c65-38-15-27-5-11-44(38)91-47-22-32-23-48(57(47)82)92-45-12-8-30(20-39(45)66)56(81)55-64(89)74-54(60(85)69-14-4-2-1-3-13-67)37-25-34(77)26-43(80)49(37)36-19-29(7-9-41(36)78)51(61(86)75-55)72-63(88)53(32)73-62(87)52-31-17-33(76)24-35(18-31)90-46-21-28(6-10-42(46)79)50(68)59(84)70-40(16-27)58(83)71-52/h5-12,15,17-26,40,50-56,76-82H,1-4,13-14,16,67-68H2,(H,69,85)(H,70,84)(H,71,83)(H,72,88)(H,73,87)(H,74,89)(H,75,86)/t40?,50?,51?,52?,53?,54-,55?,56?/m1/s1. The van der Waals surface area contributed by atoms with Crippen molar-refractivity contribution in [3.05, 3.63) is 164 Å². The molecule has 17 bridgehead atoms. The Labute approximate surface area is 532 Å². The minimum atomic E-state index is -2.15. The van der Waals surface area contributed by atoms with E-state index in [1.165, 1.54) is 66.7 Å². The van der Waals surface area contributed by atoms with Gasteiger partial charge in [0.2, 0.25) is 47.1 Å². The van der Waals surface area contributed by atoms with Gasteiger partial charge in [-0.15, -0.1) is 0 Å². The van der Waals surface area contributed by atoms with Gasteiger partial charge >= 0.3 is 0 Å². The fourth-order valence-electron chi connectivity index (χ4n) is 11.2. The number of carbonyl (C=O) groups is 7. The highest BCUT2D eigenvalue weighted by Crippen LogP contribution is 2.48. The summed E-state index contributed by atoms with van der Waals surface area (Å²) >= 11 is 13.8. The summed E-state index contributed by atoms with van der Waals surface area (Å²) in [6.07, 6.45) is 0.187. The number of hydrogen-bond donors (Lipinski definition) is 16. The second-order valence-electron chi connectivity index (χ2n) is 22.3. The molecule has 28 heteroatoms. The van der Waals surface area contributed by atoms with Crippen molar-refractivity contribution in [3.63, 3.8) is 0 Å². The number of aliphatic hydroxyl groups is 1. The molecule has 18 N–H and O–H groups in total. The van der Waals surface area contributed by atoms with Gasteiger partial charge in [0, 0.05) is 36.2 Å². The summed E-state index contributed by atoms with van der Waals surface area (Å²) in [6, 6.07) is 9.40. The van der Waals surface area contributed by atoms with Crippen molar-refractivity contribution in [2.45, 2.75) is 80.5 Å². The zero-order valence-corrected chi connectivity index (χ0v) is 49.7. The Hall–Kier alpha value is -10.5. The molecule has 92 heavy (non-hydrogen) atoms. The first kappa shape index (κ1) is 63.1. The number of benzene rings is 7. The molecule has 8 atom stereocenters. The molecular formula is C64H59Cl2N9O17. The summed E-state index contributed by atoms with van der Waals surface area (Å²) in [5.74, 6) is -13.4. The highest BCUT2D eigenvalue weighted by atomic mass is 35.5. The van der Waals surface area contributed by atoms with E-state index in [-0.39, 0.29) is 90.5 Å². The largest absolute Gasteiger partial charge is 0.508 e. The van der Waals surface area contributed by atoms with Crippen molar-refractivity contribution in [1.29, 1.82) is 0 Å². The van der Waals surface area contributed by atoms with Crippen molar-refractivity contribution in [1.82, 2.24) is 37.2 Å². The zero-order chi connectivity index (χ0) is 65.4. The average molecular weight is 1300 g/mol. The molecule has 7 unspecified atom stereocenters. The van der Waals surface area contributed by atoms with E-state index >= 15 is 19.2 Å². The number of hydrogen-bond acceptors (Lipinski definition) is 19. The lowest BCUT2D eigenvalue weighted by molar-refractivity contribution is -0.137. The van der Waals surface area contributed by atoms with Crippen LogP contribution in [0.4, 0.5) is 0 Å². The number of phenols is 6. The first-order valence-electron chi connectivity index (χ1n) is 28.8. The third-order valence-electron chi connectivity index (χ3n) is 15.9. The third kappa shape index (κ3) is 13.1. The fraction of sp³-hybridized carbons (Fsp3) is 0.234. The minimum absolute atomic E-state index is 0.0747. The van der Waals surface area contributed by atoms with E-state index in [0.29, 0.717) is 24.9 Å². The number of amides is 7. The smallest absolute Gasteiger partial charge is 0.248 e. The predicted octanol–water partition coefficient (Wildman–Crippen LogP) is 5.54. The number of ether oxygens (including phenoxy) is 3. The van der Waals surface area contributed by atoms with Crippen molar-refractivity contribution >= 4 is 64.6 Å². The molecule has 7 amide bonds. The number of fused-ring (bicyclic) bond motifs is 14.